The molecule has 0 saturated carbocycles. The minimum absolute atomic E-state index is 0.00446. The number of thioether (sulfide) groups is 1. The number of hydrogen-bond donors (Lipinski definition) is 2. The van der Waals surface area contributed by atoms with Crippen LogP contribution in [-0.4, -0.2) is 26.2 Å². The van der Waals surface area contributed by atoms with Crippen molar-refractivity contribution in [2.75, 3.05) is 0 Å². The second-order valence-corrected chi connectivity index (χ2v) is 4.83. The van der Waals surface area contributed by atoms with E-state index in [-0.39, 0.29) is 16.3 Å². The van der Waals surface area contributed by atoms with Gasteiger partial charge in [0.25, 0.3) is 0 Å². The summed E-state index contributed by atoms with van der Waals surface area (Å²) < 4.78 is 4.91. The van der Waals surface area contributed by atoms with Gasteiger partial charge in [-0.05, 0) is 13.8 Å². The molecule has 2 rings (SSSR count). The summed E-state index contributed by atoms with van der Waals surface area (Å²) in [5.74, 6) is -0.0720. The molecule has 19 heavy (non-hydrogen) atoms. The second kappa shape index (κ2) is 5.27. The zero-order valence-corrected chi connectivity index (χ0v) is 11.1. The Balaban J connectivity index is 2.28. The van der Waals surface area contributed by atoms with E-state index in [0.717, 1.165) is 11.8 Å². The lowest BCUT2D eigenvalue weighted by Gasteiger charge is -2.05. The highest BCUT2D eigenvalue weighted by atomic mass is 32.2. The predicted octanol–water partition coefficient (Wildman–Crippen LogP) is 1.37. The molecule has 100 valence electrons. The molecule has 0 aromatic carbocycles. The summed E-state index contributed by atoms with van der Waals surface area (Å²) in [6, 6.07) is 1.74. The first-order chi connectivity index (χ1) is 8.97. The van der Waals surface area contributed by atoms with E-state index in [1.165, 1.54) is 6.92 Å². The number of carbonyl (C=O) groups is 1. The van der Waals surface area contributed by atoms with Gasteiger partial charge in [0.15, 0.2) is 0 Å². The van der Waals surface area contributed by atoms with Gasteiger partial charge < -0.3 is 14.6 Å². The van der Waals surface area contributed by atoms with Crippen LogP contribution in [0.2, 0.25) is 0 Å². The van der Waals surface area contributed by atoms with Crippen molar-refractivity contribution in [2.45, 2.75) is 24.6 Å². The topological polar surface area (TPSA) is 109 Å². The average molecular weight is 281 g/mol. The molecule has 7 nitrogen and oxygen atoms in total. The highest BCUT2D eigenvalue weighted by molar-refractivity contribution is 7.98. The van der Waals surface area contributed by atoms with Crippen molar-refractivity contribution in [3.05, 3.63) is 39.3 Å². The Morgan fingerprint density at radius 2 is 2.26 bits per heavy atom. The van der Waals surface area contributed by atoms with Crippen molar-refractivity contribution in [2.24, 2.45) is 0 Å². The SMILES string of the molecule is Cc1cc(CSc2nc(=O)[nH]c(C)c2C(=O)O)no1. The monoisotopic (exact) mass is 281 g/mol. The van der Waals surface area contributed by atoms with E-state index in [0.29, 0.717) is 17.2 Å². The molecule has 0 atom stereocenters. The normalized spacial score (nSPS) is 10.6. The van der Waals surface area contributed by atoms with Crippen molar-refractivity contribution < 1.29 is 14.4 Å². The van der Waals surface area contributed by atoms with Gasteiger partial charge in [0.05, 0.1) is 5.69 Å². The zero-order valence-electron chi connectivity index (χ0n) is 10.3. The summed E-state index contributed by atoms with van der Waals surface area (Å²) in [6.45, 7) is 3.29. The number of aryl methyl sites for hydroxylation is 2. The maximum atomic E-state index is 11.3. The first-order valence-corrected chi connectivity index (χ1v) is 6.35. The van der Waals surface area contributed by atoms with Crippen molar-refractivity contribution in [3.8, 4) is 0 Å². The molecule has 0 unspecified atom stereocenters. The molecule has 0 aliphatic heterocycles. The van der Waals surface area contributed by atoms with E-state index in [2.05, 4.69) is 15.1 Å². The number of nitrogens with zero attached hydrogens (tertiary/aromatic N) is 2. The molecule has 2 heterocycles. The van der Waals surface area contributed by atoms with Gasteiger partial charge in [-0.15, -0.1) is 0 Å². The lowest BCUT2D eigenvalue weighted by molar-refractivity contribution is 0.0690. The van der Waals surface area contributed by atoms with Crippen LogP contribution in [-0.2, 0) is 5.75 Å². The molecule has 0 bridgehead atoms. The van der Waals surface area contributed by atoms with Crippen LogP contribution in [0.25, 0.3) is 0 Å². The summed E-state index contributed by atoms with van der Waals surface area (Å²) in [4.78, 5) is 28.5. The fourth-order valence-electron chi connectivity index (χ4n) is 1.54. The Labute approximate surface area is 112 Å². The van der Waals surface area contributed by atoms with E-state index in [9.17, 15) is 9.59 Å². The van der Waals surface area contributed by atoms with Gasteiger partial charge in [-0.1, -0.05) is 16.9 Å². The summed E-state index contributed by atoms with van der Waals surface area (Å²) >= 11 is 1.14. The summed E-state index contributed by atoms with van der Waals surface area (Å²) in [6.07, 6.45) is 0. The molecule has 0 fully saturated rings. The first kappa shape index (κ1) is 13.3. The Bertz CT molecular complexity index is 677. The van der Waals surface area contributed by atoms with E-state index in [4.69, 9.17) is 9.63 Å². The smallest absolute Gasteiger partial charge is 0.346 e. The van der Waals surface area contributed by atoms with Gasteiger partial charge in [0, 0.05) is 17.5 Å². The number of hydrogen-bond acceptors (Lipinski definition) is 6. The maximum absolute atomic E-state index is 11.3. The number of aromatic carboxylic acids is 1. The van der Waals surface area contributed by atoms with Crippen LogP contribution in [0.4, 0.5) is 0 Å². The highest BCUT2D eigenvalue weighted by Crippen LogP contribution is 2.24. The first-order valence-electron chi connectivity index (χ1n) is 5.36. The minimum Gasteiger partial charge on any atom is -0.478 e. The van der Waals surface area contributed by atoms with Crippen molar-refractivity contribution in [1.82, 2.24) is 15.1 Å². The molecule has 0 amide bonds. The van der Waals surface area contributed by atoms with Gasteiger partial charge in [-0.25, -0.2) is 9.59 Å². The third kappa shape index (κ3) is 3.02. The molecule has 0 radical (unpaired) electrons. The van der Waals surface area contributed by atoms with E-state index >= 15 is 0 Å². The molecule has 2 N–H and O–H groups in total. The van der Waals surface area contributed by atoms with Gasteiger partial charge in [0.2, 0.25) is 0 Å². The van der Waals surface area contributed by atoms with Crippen LogP contribution >= 0.6 is 11.8 Å². The second-order valence-electron chi connectivity index (χ2n) is 3.87. The van der Waals surface area contributed by atoms with Crippen LogP contribution in [0.1, 0.15) is 27.5 Å². The third-order valence-corrected chi connectivity index (χ3v) is 3.34. The van der Waals surface area contributed by atoms with Crippen molar-refractivity contribution >= 4 is 17.7 Å². The lowest BCUT2D eigenvalue weighted by Crippen LogP contribution is -2.18. The third-order valence-electron chi connectivity index (χ3n) is 2.33. The fourth-order valence-corrected chi connectivity index (χ4v) is 2.50. The fraction of sp³-hybridized carbons (Fsp3) is 0.273. The molecule has 2 aromatic rings. The number of carboxylic acid groups (broad SMARTS) is 1. The van der Waals surface area contributed by atoms with Gasteiger partial charge in [-0.2, -0.15) is 4.98 Å². The van der Waals surface area contributed by atoms with Gasteiger partial charge >= 0.3 is 11.7 Å². The van der Waals surface area contributed by atoms with E-state index in [1.54, 1.807) is 13.0 Å². The standard InChI is InChI=1S/C11H11N3O4S/c1-5-3-7(14-18-5)4-19-9-8(10(15)16)6(2)12-11(17)13-9/h3H,4H2,1-2H3,(H,15,16)(H,12,13,17). The van der Waals surface area contributed by atoms with Crippen LogP contribution in [0.15, 0.2) is 20.4 Å². The highest BCUT2D eigenvalue weighted by Gasteiger charge is 2.17. The molecule has 0 spiro atoms. The maximum Gasteiger partial charge on any atom is 0.346 e. The quantitative estimate of drug-likeness (QED) is 0.643. The number of rotatable bonds is 4. The average Bonchev–Trinajstić information content (AvgIpc) is 2.71. The van der Waals surface area contributed by atoms with E-state index in [1.807, 2.05) is 0 Å². The van der Waals surface area contributed by atoms with E-state index < -0.39 is 11.7 Å². The minimum atomic E-state index is -1.12. The Kier molecular flexibility index (Phi) is 3.70. The molecule has 0 aliphatic carbocycles. The summed E-state index contributed by atoms with van der Waals surface area (Å²) in [7, 11) is 0. The summed E-state index contributed by atoms with van der Waals surface area (Å²) in [5, 5.41) is 13.1. The predicted molar refractivity (Wildman–Crippen MR) is 67.4 cm³/mol. The van der Waals surface area contributed by atoms with Gasteiger partial charge in [0.1, 0.15) is 16.3 Å². The van der Waals surface area contributed by atoms with Crippen LogP contribution in [0.3, 0.4) is 0 Å². The number of H-pyrrole nitrogens is 1. The zero-order chi connectivity index (χ0) is 14.0. The largest absolute Gasteiger partial charge is 0.478 e. The Morgan fingerprint density at radius 1 is 1.53 bits per heavy atom. The van der Waals surface area contributed by atoms with Crippen molar-refractivity contribution in [3.63, 3.8) is 0 Å². The molecular formula is C11H11N3O4S. The number of aromatic nitrogens is 3. The molecule has 0 aliphatic rings. The van der Waals surface area contributed by atoms with Crippen LogP contribution < -0.4 is 5.69 Å². The molecular weight excluding hydrogens is 270 g/mol. The lowest BCUT2D eigenvalue weighted by atomic mass is 10.2. The number of carboxylic acids is 1. The molecule has 2 aromatic heterocycles. The number of aromatic amines is 1. The number of nitrogens with one attached hydrogen (secondary N) is 1. The van der Waals surface area contributed by atoms with Gasteiger partial charge in [-0.3, -0.25) is 0 Å². The summed E-state index contributed by atoms with van der Waals surface area (Å²) in [5.41, 5.74) is 0.385. The Hall–Kier alpha value is -2.09. The molecule has 8 heteroatoms. The van der Waals surface area contributed by atoms with Crippen LogP contribution in [0, 0.1) is 13.8 Å². The Morgan fingerprint density at radius 3 is 2.84 bits per heavy atom. The van der Waals surface area contributed by atoms with Crippen molar-refractivity contribution in [1.29, 1.82) is 0 Å². The molecule has 0 saturated heterocycles. The van der Waals surface area contributed by atoms with Crippen LogP contribution in [0.5, 0.6) is 0 Å².